The van der Waals surface area contributed by atoms with Gasteiger partial charge in [-0.2, -0.15) is 0 Å². The molecule has 0 spiro atoms. The number of hydrogen-bond acceptors (Lipinski definition) is 1. The van der Waals surface area contributed by atoms with Gasteiger partial charge >= 0.3 is 0 Å². The predicted molar refractivity (Wildman–Crippen MR) is 50.9 cm³/mol. The average molecular weight is 166 g/mol. The van der Waals surface area contributed by atoms with E-state index in [9.17, 15) is 4.79 Å². The van der Waals surface area contributed by atoms with Gasteiger partial charge in [-0.15, -0.1) is 0 Å². The number of Topliss-reactive ketones (excluding diaryl/α,β-unsaturated/α-hetero) is 1. The fourth-order valence-electron chi connectivity index (χ4n) is 1.61. The molecule has 0 N–H and O–H groups in total. The molecule has 0 heterocycles. The first-order valence-electron chi connectivity index (χ1n) is 4.51. The van der Waals surface area contributed by atoms with E-state index in [1.165, 1.54) is 0 Å². The lowest BCUT2D eigenvalue weighted by Gasteiger charge is -2.39. The number of hydrogen-bond donors (Lipinski definition) is 0. The molecule has 0 radical (unpaired) electrons. The van der Waals surface area contributed by atoms with Crippen LogP contribution < -0.4 is 0 Å². The fraction of sp³-hybridized carbons (Fsp3) is 0.727. The van der Waals surface area contributed by atoms with Crippen LogP contribution in [0.2, 0.25) is 0 Å². The van der Waals surface area contributed by atoms with Gasteiger partial charge in [0.25, 0.3) is 0 Å². The minimum atomic E-state index is -0.174. The van der Waals surface area contributed by atoms with E-state index in [0.717, 1.165) is 18.4 Å². The Morgan fingerprint density at radius 1 is 1.08 bits per heavy atom. The highest BCUT2D eigenvalue weighted by molar-refractivity contribution is 6.00. The first-order chi connectivity index (χ1) is 5.27. The molecular weight excluding hydrogens is 148 g/mol. The van der Waals surface area contributed by atoms with Gasteiger partial charge in [0.05, 0.1) is 0 Å². The topological polar surface area (TPSA) is 17.1 Å². The van der Waals surface area contributed by atoms with Crippen molar-refractivity contribution >= 4 is 5.78 Å². The minimum Gasteiger partial charge on any atom is -0.294 e. The van der Waals surface area contributed by atoms with E-state index in [1.807, 2.05) is 13.8 Å². The summed E-state index contributed by atoms with van der Waals surface area (Å²) in [6.45, 7) is 12.1. The number of carbonyl (C=O) groups is 1. The summed E-state index contributed by atoms with van der Waals surface area (Å²) in [5.74, 6) is 0.249. The van der Waals surface area contributed by atoms with Crippen LogP contribution in [0.15, 0.2) is 12.2 Å². The second-order valence-corrected chi connectivity index (χ2v) is 5.08. The van der Waals surface area contributed by atoms with Crippen molar-refractivity contribution in [2.75, 3.05) is 0 Å². The first-order valence-corrected chi connectivity index (χ1v) is 4.51. The van der Waals surface area contributed by atoms with Crippen molar-refractivity contribution in [1.82, 2.24) is 0 Å². The molecule has 1 fully saturated rings. The molecule has 12 heavy (non-hydrogen) atoms. The molecule has 0 aromatic rings. The zero-order chi connectivity index (χ0) is 9.57. The Morgan fingerprint density at radius 3 is 1.92 bits per heavy atom. The smallest absolute Gasteiger partial charge is 0.164 e. The summed E-state index contributed by atoms with van der Waals surface area (Å²) < 4.78 is 0. The number of allylic oxidation sites excluding steroid dienone is 1. The highest BCUT2D eigenvalue weighted by Crippen LogP contribution is 2.44. The Kier molecular flexibility index (Phi) is 1.94. The average Bonchev–Trinajstić information content (AvgIpc) is 1.96. The largest absolute Gasteiger partial charge is 0.294 e. The molecule has 1 rings (SSSR count). The lowest BCUT2D eigenvalue weighted by atomic mass is 9.63. The maximum Gasteiger partial charge on any atom is 0.164 e. The van der Waals surface area contributed by atoms with E-state index in [2.05, 4.69) is 20.4 Å². The number of rotatable bonds is 0. The molecule has 0 aromatic carbocycles. The molecule has 1 aliphatic rings. The summed E-state index contributed by atoms with van der Waals surface area (Å²) in [6.07, 6.45) is 2.06. The molecule has 68 valence electrons. The number of carbonyl (C=O) groups excluding carboxylic acids is 1. The van der Waals surface area contributed by atoms with Crippen LogP contribution in [-0.2, 0) is 4.79 Å². The quantitative estimate of drug-likeness (QED) is 0.506. The van der Waals surface area contributed by atoms with Crippen molar-refractivity contribution < 1.29 is 4.79 Å². The maximum atomic E-state index is 11.8. The van der Waals surface area contributed by atoms with Crippen molar-refractivity contribution in [2.45, 2.75) is 40.5 Å². The van der Waals surface area contributed by atoms with Gasteiger partial charge in [0, 0.05) is 5.41 Å². The molecule has 1 saturated carbocycles. The minimum absolute atomic E-state index is 0.0204. The normalized spacial score (nSPS) is 27.3. The molecule has 1 nitrogen and oxygen atoms in total. The van der Waals surface area contributed by atoms with Gasteiger partial charge in [-0.3, -0.25) is 4.79 Å². The van der Waals surface area contributed by atoms with E-state index in [0.29, 0.717) is 0 Å². The second-order valence-electron chi connectivity index (χ2n) is 5.08. The Morgan fingerprint density at radius 2 is 1.50 bits per heavy atom. The predicted octanol–water partition coefficient (Wildman–Crippen LogP) is 2.96. The Labute approximate surface area is 74.9 Å². The molecule has 0 aliphatic heterocycles. The molecule has 0 aromatic heterocycles. The van der Waals surface area contributed by atoms with Crippen LogP contribution in [0, 0.1) is 10.8 Å². The van der Waals surface area contributed by atoms with Crippen LogP contribution in [0.25, 0.3) is 0 Å². The van der Waals surface area contributed by atoms with E-state index in [1.54, 1.807) is 0 Å². The van der Waals surface area contributed by atoms with E-state index >= 15 is 0 Å². The molecule has 1 heteroatoms. The number of ketones is 1. The van der Waals surface area contributed by atoms with Gasteiger partial charge in [-0.25, -0.2) is 0 Å². The summed E-state index contributed by atoms with van der Waals surface area (Å²) >= 11 is 0. The van der Waals surface area contributed by atoms with Crippen molar-refractivity contribution in [3.63, 3.8) is 0 Å². The lowest BCUT2D eigenvalue weighted by Crippen LogP contribution is -2.37. The van der Waals surface area contributed by atoms with Crippen LogP contribution >= 0.6 is 0 Å². The highest BCUT2D eigenvalue weighted by Gasteiger charge is 2.41. The van der Waals surface area contributed by atoms with E-state index in [4.69, 9.17) is 0 Å². The van der Waals surface area contributed by atoms with Gasteiger partial charge in [0.1, 0.15) is 0 Å². The SMILES string of the molecule is C=C1C(=O)C(C)(C)CCC1(C)C. The Hall–Kier alpha value is -0.590. The van der Waals surface area contributed by atoms with Crippen LogP contribution in [0.3, 0.4) is 0 Å². The lowest BCUT2D eigenvalue weighted by molar-refractivity contribution is -0.126. The molecule has 0 amide bonds. The van der Waals surface area contributed by atoms with Crippen LogP contribution in [0.4, 0.5) is 0 Å². The zero-order valence-electron chi connectivity index (χ0n) is 8.53. The molecule has 0 saturated heterocycles. The molecule has 0 bridgehead atoms. The molecule has 1 aliphatic carbocycles. The van der Waals surface area contributed by atoms with Crippen LogP contribution in [0.5, 0.6) is 0 Å². The van der Waals surface area contributed by atoms with Gasteiger partial charge in [-0.05, 0) is 23.8 Å². The summed E-state index contributed by atoms with van der Waals surface area (Å²) in [7, 11) is 0. The highest BCUT2D eigenvalue weighted by atomic mass is 16.1. The Balaban J connectivity index is 2.96. The van der Waals surface area contributed by atoms with Crippen molar-refractivity contribution in [2.24, 2.45) is 10.8 Å². The third-order valence-electron chi connectivity index (χ3n) is 3.08. The van der Waals surface area contributed by atoms with Crippen LogP contribution in [-0.4, -0.2) is 5.78 Å². The van der Waals surface area contributed by atoms with Gasteiger partial charge < -0.3 is 0 Å². The molecular formula is C11H18O. The van der Waals surface area contributed by atoms with Crippen molar-refractivity contribution in [3.05, 3.63) is 12.2 Å². The van der Waals surface area contributed by atoms with Gasteiger partial charge in [-0.1, -0.05) is 34.3 Å². The monoisotopic (exact) mass is 166 g/mol. The summed E-state index contributed by atoms with van der Waals surface area (Å²) in [5.41, 5.74) is 0.651. The third kappa shape index (κ3) is 1.33. The van der Waals surface area contributed by atoms with Crippen molar-refractivity contribution in [3.8, 4) is 0 Å². The maximum absolute atomic E-state index is 11.8. The molecule has 0 unspecified atom stereocenters. The zero-order valence-corrected chi connectivity index (χ0v) is 8.53. The second kappa shape index (κ2) is 2.45. The Bertz CT molecular complexity index is 207. The van der Waals surface area contributed by atoms with Crippen molar-refractivity contribution in [1.29, 1.82) is 0 Å². The first kappa shape index (κ1) is 9.50. The van der Waals surface area contributed by atoms with E-state index in [-0.39, 0.29) is 16.6 Å². The van der Waals surface area contributed by atoms with Crippen LogP contribution in [0.1, 0.15) is 40.5 Å². The summed E-state index contributed by atoms with van der Waals surface area (Å²) in [4.78, 5) is 11.8. The van der Waals surface area contributed by atoms with Gasteiger partial charge in [0.15, 0.2) is 5.78 Å². The summed E-state index contributed by atoms with van der Waals surface area (Å²) in [5, 5.41) is 0. The van der Waals surface area contributed by atoms with Gasteiger partial charge in [0.2, 0.25) is 0 Å². The fourth-order valence-corrected chi connectivity index (χ4v) is 1.61. The third-order valence-corrected chi connectivity index (χ3v) is 3.08. The summed E-state index contributed by atoms with van der Waals surface area (Å²) in [6, 6.07) is 0. The molecule has 0 atom stereocenters. The standard InChI is InChI=1S/C11H18O/c1-8-9(12)11(4,5)7-6-10(8,2)3/h1,6-7H2,2-5H3. The van der Waals surface area contributed by atoms with E-state index < -0.39 is 0 Å².